The van der Waals surface area contributed by atoms with Gasteiger partial charge in [0.15, 0.2) is 0 Å². The second kappa shape index (κ2) is 7.34. The maximum absolute atomic E-state index is 12.9. The topological polar surface area (TPSA) is 84.3 Å². The molecule has 0 unspecified atom stereocenters. The molecule has 1 saturated carbocycles. The third-order valence-corrected chi connectivity index (χ3v) is 5.23. The van der Waals surface area contributed by atoms with Crippen molar-refractivity contribution in [2.75, 3.05) is 11.4 Å². The first-order chi connectivity index (χ1) is 13.1. The number of carbonyl (C=O) groups is 2. The lowest BCUT2D eigenvalue weighted by Crippen LogP contribution is -2.39. The number of aromatic nitrogens is 2. The van der Waals surface area contributed by atoms with Gasteiger partial charge in [0.05, 0.1) is 0 Å². The van der Waals surface area contributed by atoms with E-state index >= 15 is 0 Å². The molecule has 27 heavy (non-hydrogen) atoms. The largest absolute Gasteiger partial charge is 0.352 e. The normalized spacial score (nSPS) is 16.4. The van der Waals surface area contributed by atoms with E-state index in [2.05, 4.69) is 10.4 Å². The predicted molar refractivity (Wildman–Crippen MR) is 101 cm³/mol. The molecule has 0 atom stereocenters. The molecular formula is C20H22N4O3. The lowest BCUT2D eigenvalue weighted by molar-refractivity contribution is -0.122. The number of benzene rings is 1. The highest BCUT2D eigenvalue weighted by Gasteiger charge is 2.26. The molecule has 7 heteroatoms. The van der Waals surface area contributed by atoms with Gasteiger partial charge in [0, 0.05) is 24.3 Å². The molecule has 2 aliphatic rings. The first-order valence-corrected chi connectivity index (χ1v) is 9.39. The molecule has 1 aromatic heterocycles. The molecule has 1 N–H and O–H groups in total. The van der Waals surface area contributed by atoms with E-state index in [1.807, 2.05) is 24.3 Å². The van der Waals surface area contributed by atoms with Crippen LogP contribution in [0.2, 0.25) is 0 Å². The molecule has 4 rings (SSSR count). The number of hydrogen-bond donors (Lipinski definition) is 1. The fourth-order valence-electron chi connectivity index (χ4n) is 3.84. The molecule has 0 saturated heterocycles. The summed E-state index contributed by atoms with van der Waals surface area (Å²) in [4.78, 5) is 38.9. The fraction of sp³-hybridized carbons (Fsp3) is 0.400. The van der Waals surface area contributed by atoms with E-state index in [4.69, 9.17) is 0 Å². The monoisotopic (exact) mass is 366 g/mol. The summed E-state index contributed by atoms with van der Waals surface area (Å²) in [5.41, 5.74) is 1.77. The molecule has 7 nitrogen and oxygen atoms in total. The Hall–Kier alpha value is -2.96. The number of hydrogen-bond acceptors (Lipinski definition) is 4. The molecular weight excluding hydrogens is 344 g/mol. The molecule has 2 aromatic rings. The average Bonchev–Trinajstić information content (AvgIpc) is 3.32. The van der Waals surface area contributed by atoms with Crippen LogP contribution in [0.1, 0.15) is 41.7 Å². The summed E-state index contributed by atoms with van der Waals surface area (Å²) in [6, 6.07) is 10.7. The number of nitrogens with zero attached hydrogens (tertiary/aromatic N) is 3. The fourth-order valence-corrected chi connectivity index (χ4v) is 3.84. The van der Waals surface area contributed by atoms with Crippen LogP contribution in [0.15, 0.2) is 41.2 Å². The molecule has 1 aliphatic carbocycles. The Morgan fingerprint density at radius 3 is 2.70 bits per heavy atom. The summed E-state index contributed by atoms with van der Waals surface area (Å²) in [5, 5.41) is 7.09. The second-order valence-corrected chi connectivity index (χ2v) is 7.10. The second-order valence-electron chi connectivity index (χ2n) is 7.10. The zero-order valence-corrected chi connectivity index (χ0v) is 15.1. The number of amides is 2. The van der Waals surface area contributed by atoms with E-state index in [9.17, 15) is 14.4 Å². The van der Waals surface area contributed by atoms with Crippen LogP contribution >= 0.6 is 0 Å². The Kier molecular flexibility index (Phi) is 4.75. The SMILES string of the molecule is O=C(Cn1nc(C(=O)N2CCc3ccccc32)ccc1=O)NC1CCCC1. The molecule has 2 amide bonds. The van der Waals surface area contributed by atoms with Gasteiger partial charge in [-0.1, -0.05) is 31.0 Å². The van der Waals surface area contributed by atoms with E-state index in [0.29, 0.717) is 6.54 Å². The van der Waals surface area contributed by atoms with Gasteiger partial charge in [-0.3, -0.25) is 14.4 Å². The molecule has 1 aliphatic heterocycles. The van der Waals surface area contributed by atoms with Crippen LogP contribution in [-0.2, 0) is 17.8 Å². The van der Waals surface area contributed by atoms with Crippen molar-refractivity contribution in [2.45, 2.75) is 44.7 Å². The highest BCUT2D eigenvalue weighted by Crippen LogP contribution is 2.28. The van der Waals surface area contributed by atoms with Crippen LogP contribution in [0, 0.1) is 0 Å². The van der Waals surface area contributed by atoms with Crippen LogP contribution in [0.4, 0.5) is 5.69 Å². The maximum Gasteiger partial charge on any atom is 0.278 e. The Morgan fingerprint density at radius 1 is 1.11 bits per heavy atom. The van der Waals surface area contributed by atoms with Crippen molar-refractivity contribution in [3.8, 4) is 0 Å². The van der Waals surface area contributed by atoms with Crippen molar-refractivity contribution in [2.24, 2.45) is 0 Å². The molecule has 1 aromatic carbocycles. The van der Waals surface area contributed by atoms with Gasteiger partial charge in [-0.25, -0.2) is 4.68 Å². The van der Waals surface area contributed by atoms with Gasteiger partial charge in [0.25, 0.3) is 11.5 Å². The Balaban J connectivity index is 1.51. The molecule has 0 radical (unpaired) electrons. The zero-order valence-electron chi connectivity index (χ0n) is 15.1. The van der Waals surface area contributed by atoms with Crippen molar-refractivity contribution in [3.05, 3.63) is 58.0 Å². The standard InChI is InChI=1S/C20H22N4O3/c25-18(21-15-6-2-3-7-15)13-24-19(26)10-9-16(22-24)20(27)23-12-11-14-5-1-4-8-17(14)23/h1,4-5,8-10,15H,2-3,6-7,11-13H2,(H,21,25). The van der Waals surface area contributed by atoms with E-state index in [0.717, 1.165) is 48.0 Å². The molecule has 0 spiro atoms. The quantitative estimate of drug-likeness (QED) is 0.889. The van der Waals surface area contributed by atoms with Crippen molar-refractivity contribution >= 4 is 17.5 Å². The molecule has 0 bridgehead atoms. The number of rotatable bonds is 4. The minimum Gasteiger partial charge on any atom is -0.352 e. The predicted octanol–water partition coefficient (Wildman–Crippen LogP) is 1.50. The van der Waals surface area contributed by atoms with Crippen LogP contribution in [-0.4, -0.2) is 34.2 Å². The van der Waals surface area contributed by atoms with Gasteiger partial charge >= 0.3 is 0 Å². The Bertz CT molecular complexity index is 931. The summed E-state index contributed by atoms with van der Waals surface area (Å²) in [7, 11) is 0. The van der Waals surface area contributed by atoms with Crippen molar-refractivity contribution in [1.82, 2.24) is 15.1 Å². The first kappa shape index (κ1) is 17.5. The Morgan fingerprint density at radius 2 is 1.89 bits per heavy atom. The number of anilines is 1. The molecule has 140 valence electrons. The van der Waals surface area contributed by atoms with Crippen LogP contribution in [0.25, 0.3) is 0 Å². The highest BCUT2D eigenvalue weighted by molar-refractivity contribution is 6.05. The maximum atomic E-state index is 12.9. The van der Waals surface area contributed by atoms with E-state index in [-0.39, 0.29) is 30.1 Å². The number of nitrogens with one attached hydrogen (secondary N) is 1. The first-order valence-electron chi connectivity index (χ1n) is 9.39. The van der Waals surface area contributed by atoms with E-state index in [1.54, 1.807) is 4.90 Å². The summed E-state index contributed by atoms with van der Waals surface area (Å²) < 4.78 is 1.07. The summed E-state index contributed by atoms with van der Waals surface area (Å²) in [6.07, 6.45) is 4.97. The summed E-state index contributed by atoms with van der Waals surface area (Å²) >= 11 is 0. The van der Waals surface area contributed by atoms with Crippen LogP contribution in [0.5, 0.6) is 0 Å². The summed E-state index contributed by atoms with van der Waals surface area (Å²) in [5.74, 6) is -0.502. The van der Waals surface area contributed by atoms with Crippen LogP contribution in [0.3, 0.4) is 0 Å². The van der Waals surface area contributed by atoms with Gasteiger partial charge < -0.3 is 10.2 Å². The molecule has 2 heterocycles. The van der Waals surface area contributed by atoms with Gasteiger partial charge in [0.1, 0.15) is 12.2 Å². The van der Waals surface area contributed by atoms with Crippen molar-refractivity contribution in [1.29, 1.82) is 0 Å². The van der Waals surface area contributed by atoms with Crippen LogP contribution < -0.4 is 15.8 Å². The van der Waals surface area contributed by atoms with Gasteiger partial charge in [-0.2, -0.15) is 5.10 Å². The minimum absolute atomic E-state index is 0.167. The van der Waals surface area contributed by atoms with E-state index in [1.165, 1.54) is 12.1 Å². The van der Waals surface area contributed by atoms with E-state index < -0.39 is 5.56 Å². The smallest absolute Gasteiger partial charge is 0.278 e. The summed E-state index contributed by atoms with van der Waals surface area (Å²) in [6.45, 7) is 0.411. The third-order valence-electron chi connectivity index (χ3n) is 5.23. The van der Waals surface area contributed by atoms with Crippen molar-refractivity contribution in [3.63, 3.8) is 0 Å². The lowest BCUT2D eigenvalue weighted by Gasteiger charge is -2.17. The zero-order chi connectivity index (χ0) is 18.8. The minimum atomic E-state index is -0.394. The molecule has 1 fully saturated rings. The number of para-hydroxylation sites is 1. The highest BCUT2D eigenvalue weighted by atomic mass is 16.2. The van der Waals surface area contributed by atoms with Gasteiger partial charge in [0.2, 0.25) is 5.91 Å². The average molecular weight is 366 g/mol. The Labute approximate surface area is 157 Å². The van der Waals surface area contributed by atoms with Gasteiger partial charge in [-0.05, 0) is 37.0 Å². The van der Waals surface area contributed by atoms with Gasteiger partial charge in [-0.15, -0.1) is 0 Å². The number of fused-ring (bicyclic) bond motifs is 1. The lowest BCUT2D eigenvalue weighted by atomic mass is 10.2. The number of carbonyl (C=O) groups excluding carboxylic acids is 2. The third kappa shape index (κ3) is 3.63. The van der Waals surface area contributed by atoms with Crippen molar-refractivity contribution < 1.29 is 9.59 Å².